The Morgan fingerprint density at radius 1 is 1.12 bits per heavy atom. The average molecular weight is 627 g/mol. The zero-order valence-corrected chi connectivity index (χ0v) is 24.3. The summed E-state index contributed by atoms with van der Waals surface area (Å²) in [6.07, 6.45) is 0.690. The number of carboxylic acids is 1. The summed E-state index contributed by atoms with van der Waals surface area (Å²) in [7, 11) is -3.22. The van der Waals surface area contributed by atoms with Crippen LogP contribution in [0.4, 0.5) is 17.6 Å². The van der Waals surface area contributed by atoms with Crippen LogP contribution in [0.25, 0.3) is 22.0 Å². The number of carbonyl (C=O) groups is 2. The Bertz CT molecular complexity index is 1590. The molecule has 3 aromatic rings. The molecule has 5 N–H and O–H groups in total. The van der Waals surface area contributed by atoms with Crippen molar-refractivity contribution in [2.75, 3.05) is 25.4 Å². The number of hydrogen-bond acceptors (Lipinski definition) is 5. The summed E-state index contributed by atoms with van der Waals surface area (Å²) in [4.78, 5) is 24.5. The topological polar surface area (TPSA) is 146 Å². The predicted molar refractivity (Wildman–Crippen MR) is 153 cm³/mol. The zero-order chi connectivity index (χ0) is 31.5. The van der Waals surface area contributed by atoms with Gasteiger partial charge in [0.15, 0.2) is 0 Å². The molecule has 234 valence electrons. The number of alkyl halides is 3. The van der Waals surface area contributed by atoms with Crippen LogP contribution in [0.1, 0.15) is 60.0 Å². The van der Waals surface area contributed by atoms with E-state index in [0.29, 0.717) is 54.7 Å². The molecule has 0 atom stereocenters. The van der Waals surface area contributed by atoms with E-state index in [0.717, 1.165) is 29.0 Å². The third-order valence-corrected chi connectivity index (χ3v) is 9.66. The predicted octanol–water partition coefficient (Wildman–Crippen LogP) is 4.73. The zero-order valence-electron chi connectivity index (χ0n) is 23.5. The molecule has 14 heteroatoms. The summed E-state index contributed by atoms with van der Waals surface area (Å²) in [5.41, 5.74) is 9.69. The number of carbonyl (C=O) groups excluding carboxylic acids is 1. The Labute approximate surface area is 246 Å². The molecule has 2 fully saturated rings. The molecule has 2 heterocycles. The van der Waals surface area contributed by atoms with Gasteiger partial charge in [0.25, 0.3) is 5.91 Å². The first-order valence-electron chi connectivity index (χ1n) is 13.9. The lowest BCUT2D eigenvalue weighted by atomic mass is 9.88. The highest BCUT2D eigenvalue weighted by molar-refractivity contribution is 7.89. The number of fused-ring (bicyclic) bond motifs is 1. The van der Waals surface area contributed by atoms with Gasteiger partial charge in [0.2, 0.25) is 10.0 Å². The molecule has 0 spiro atoms. The van der Waals surface area contributed by atoms with Gasteiger partial charge in [-0.2, -0.15) is 13.2 Å². The largest absolute Gasteiger partial charge is 0.490 e. The molecule has 0 bridgehead atoms. The first-order chi connectivity index (χ1) is 20.2. The molecular weight excluding hydrogens is 592 g/mol. The van der Waals surface area contributed by atoms with Crippen LogP contribution < -0.4 is 11.1 Å². The monoisotopic (exact) mass is 626 g/mol. The molecule has 0 radical (unpaired) electrons. The van der Waals surface area contributed by atoms with Gasteiger partial charge in [0.1, 0.15) is 5.82 Å². The van der Waals surface area contributed by atoms with Gasteiger partial charge in [-0.25, -0.2) is 21.9 Å². The minimum Gasteiger partial charge on any atom is -0.475 e. The van der Waals surface area contributed by atoms with Crippen LogP contribution in [-0.4, -0.2) is 66.3 Å². The van der Waals surface area contributed by atoms with E-state index in [1.165, 1.54) is 18.9 Å². The Balaban J connectivity index is 0.000000541. The molecule has 2 aliphatic rings. The number of H-pyrrole nitrogens is 1. The molecule has 5 rings (SSSR count). The summed E-state index contributed by atoms with van der Waals surface area (Å²) in [5.74, 6) is -2.72. The van der Waals surface area contributed by atoms with Crippen molar-refractivity contribution in [2.45, 2.75) is 51.2 Å². The Hall–Kier alpha value is -3.49. The van der Waals surface area contributed by atoms with E-state index < -0.39 is 28.1 Å². The number of benzene rings is 2. The highest BCUT2D eigenvalue weighted by Crippen LogP contribution is 2.38. The van der Waals surface area contributed by atoms with Gasteiger partial charge in [-0.1, -0.05) is 6.07 Å². The fourth-order valence-electron chi connectivity index (χ4n) is 5.21. The number of aromatic nitrogens is 1. The van der Waals surface area contributed by atoms with E-state index in [1.54, 1.807) is 23.4 Å². The summed E-state index contributed by atoms with van der Waals surface area (Å²) in [6, 6.07) is 8.66. The van der Waals surface area contributed by atoms with E-state index in [-0.39, 0.29) is 17.5 Å². The van der Waals surface area contributed by atoms with Crippen molar-refractivity contribution >= 4 is 32.8 Å². The minimum atomic E-state index is -5.08. The second kappa shape index (κ2) is 13.0. The molecule has 0 unspecified atom stereocenters. The van der Waals surface area contributed by atoms with Crippen molar-refractivity contribution < 1.29 is 40.7 Å². The van der Waals surface area contributed by atoms with Crippen molar-refractivity contribution in [3.05, 3.63) is 59.0 Å². The SMILES string of the molecule is CCS(=O)(=O)N1CCC(c2c[nH]c3c(C(N)=O)cc(-c4cc(CNCC5CC5)ccc4F)cc23)CC1.O=C(O)C(F)(F)F. The number of aliphatic carboxylic acids is 1. The Morgan fingerprint density at radius 2 is 1.77 bits per heavy atom. The number of aromatic amines is 1. The number of amides is 1. The fraction of sp³-hybridized carbons (Fsp3) is 0.448. The van der Waals surface area contributed by atoms with Gasteiger partial charge in [0.05, 0.1) is 16.8 Å². The molecule has 2 aromatic carbocycles. The van der Waals surface area contributed by atoms with Crippen LogP contribution in [0.15, 0.2) is 36.5 Å². The second-order valence-corrected chi connectivity index (χ2v) is 13.1. The summed E-state index contributed by atoms with van der Waals surface area (Å²) >= 11 is 0. The number of rotatable bonds is 9. The maximum atomic E-state index is 15.0. The van der Waals surface area contributed by atoms with Crippen LogP contribution in [0, 0.1) is 11.7 Å². The summed E-state index contributed by atoms with van der Waals surface area (Å²) in [5, 5.41) is 11.4. The lowest BCUT2D eigenvalue weighted by molar-refractivity contribution is -0.192. The van der Waals surface area contributed by atoms with E-state index in [1.807, 2.05) is 18.3 Å². The van der Waals surface area contributed by atoms with Crippen molar-refractivity contribution in [3.63, 3.8) is 0 Å². The van der Waals surface area contributed by atoms with Crippen molar-refractivity contribution in [1.82, 2.24) is 14.6 Å². The molecule has 43 heavy (non-hydrogen) atoms. The fourth-order valence-corrected chi connectivity index (χ4v) is 6.35. The Kier molecular flexibility index (Phi) is 9.82. The van der Waals surface area contributed by atoms with Crippen LogP contribution in [-0.2, 0) is 21.4 Å². The van der Waals surface area contributed by atoms with Gasteiger partial charge >= 0.3 is 12.1 Å². The summed E-state index contributed by atoms with van der Waals surface area (Å²) < 4.78 is 72.8. The van der Waals surface area contributed by atoms with Crippen LogP contribution in [0.3, 0.4) is 0 Å². The molecule has 1 aromatic heterocycles. The third-order valence-electron chi connectivity index (χ3n) is 7.78. The number of carboxylic acid groups (broad SMARTS) is 1. The maximum Gasteiger partial charge on any atom is 0.490 e. The lowest BCUT2D eigenvalue weighted by Crippen LogP contribution is -2.38. The number of nitrogens with two attached hydrogens (primary N) is 1. The maximum absolute atomic E-state index is 15.0. The molecule has 9 nitrogen and oxygen atoms in total. The standard InChI is InChI=1S/C27H33FN4O3S.C2HF3O2/c1-2-36(34,35)32-9-7-19(8-10-32)24-16-31-26-22(24)12-20(13-23(26)27(29)33)21-11-18(5-6-25(21)28)15-30-14-17-3-4-17;3-2(4,5)1(6)7/h5-6,11-13,16-17,19,30-31H,2-4,7-10,14-15H2,1H3,(H2,29,33);(H,6,7). The van der Waals surface area contributed by atoms with E-state index in [9.17, 15) is 26.4 Å². The summed E-state index contributed by atoms with van der Waals surface area (Å²) in [6.45, 7) is 4.20. The number of hydrogen-bond donors (Lipinski definition) is 4. The molecular formula is C29H34F4N4O5S. The van der Waals surface area contributed by atoms with Gasteiger partial charge < -0.3 is 21.1 Å². The number of sulfonamides is 1. The van der Waals surface area contributed by atoms with E-state index in [2.05, 4.69) is 10.3 Å². The third kappa shape index (κ3) is 7.92. The van der Waals surface area contributed by atoms with Crippen LogP contribution in [0.5, 0.6) is 0 Å². The Morgan fingerprint density at radius 3 is 2.33 bits per heavy atom. The quantitative estimate of drug-likeness (QED) is 0.253. The van der Waals surface area contributed by atoms with E-state index in [4.69, 9.17) is 15.6 Å². The normalized spacial score (nSPS) is 16.6. The molecule has 1 saturated heterocycles. The number of halogens is 4. The number of piperidine rings is 1. The first kappa shape index (κ1) is 32.4. The van der Waals surface area contributed by atoms with Gasteiger partial charge in [-0.3, -0.25) is 4.79 Å². The van der Waals surface area contributed by atoms with Crippen molar-refractivity contribution in [3.8, 4) is 11.1 Å². The van der Waals surface area contributed by atoms with Crippen molar-refractivity contribution in [1.29, 1.82) is 0 Å². The molecule has 1 aliphatic heterocycles. The van der Waals surface area contributed by atoms with E-state index >= 15 is 4.39 Å². The minimum absolute atomic E-state index is 0.0941. The van der Waals surface area contributed by atoms with Crippen molar-refractivity contribution in [2.24, 2.45) is 11.7 Å². The van der Waals surface area contributed by atoms with Crippen LogP contribution in [0.2, 0.25) is 0 Å². The molecule has 1 aliphatic carbocycles. The van der Waals surface area contributed by atoms with Crippen LogP contribution >= 0.6 is 0 Å². The smallest absolute Gasteiger partial charge is 0.475 e. The molecule has 1 amide bonds. The number of primary amides is 1. The first-order valence-corrected chi connectivity index (χ1v) is 15.5. The second-order valence-electron chi connectivity index (χ2n) is 10.8. The number of nitrogens with zero attached hydrogens (tertiary/aromatic N) is 1. The van der Waals surface area contributed by atoms with Gasteiger partial charge in [0, 0.05) is 36.8 Å². The lowest BCUT2D eigenvalue weighted by Gasteiger charge is -2.31. The average Bonchev–Trinajstić information content (AvgIpc) is 3.69. The highest BCUT2D eigenvalue weighted by Gasteiger charge is 2.38. The molecule has 1 saturated carbocycles. The van der Waals surface area contributed by atoms with Gasteiger partial charge in [-0.05, 0) is 91.9 Å². The number of nitrogens with one attached hydrogen (secondary N) is 2. The highest BCUT2D eigenvalue weighted by atomic mass is 32.2. The van der Waals surface area contributed by atoms with Gasteiger partial charge in [-0.15, -0.1) is 0 Å².